The summed E-state index contributed by atoms with van der Waals surface area (Å²) < 4.78 is 34.7. The van der Waals surface area contributed by atoms with Gasteiger partial charge in [0.1, 0.15) is 6.73 Å². The van der Waals surface area contributed by atoms with E-state index in [0.29, 0.717) is 6.67 Å². The molecular weight excluding hydrogens is 394 g/mol. The Balaban J connectivity index is 1.40. The lowest BCUT2D eigenvalue weighted by Crippen LogP contribution is -2.36. The zero-order valence-corrected chi connectivity index (χ0v) is 17.0. The Morgan fingerprint density at radius 2 is 1.83 bits per heavy atom. The van der Waals surface area contributed by atoms with E-state index in [4.69, 9.17) is 4.74 Å². The van der Waals surface area contributed by atoms with Crippen molar-refractivity contribution in [1.82, 2.24) is 19.4 Å². The molecule has 10 heteroatoms. The Kier molecular flexibility index (Phi) is 4.28. The fraction of sp³-hybridized carbons (Fsp3) is 0.474. The molecule has 1 aliphatic heterocycles. The lowest BCUT2D eigenvalue weighted by molar-refractivity contribution is 0.0632. The molecule has 0 spiro atoms. The number of hydrogen-bond acceptors (Lipinski definition) is 6. The quantitative estimate of drug-likeness (QED) is 0.786. The first kappa shape index (κ1) is 18.4. The van der Waals surface area contributed by atoms with E-state index in [-0.39, 0.29) is 17.5 Å². The number of rotatable bonds is 3. The van der Waals surface area contributed by atoms with Crippen LogP contribution in [0.1, 0.15) is 35.1 Å². The number of ether oxygens (including phenoxy) is 1. The second-order valence-corrected chi connectivity index (χ2v) is 9.53. The summed E-state index contributed by atoms with van der Waals surface area (Å²) in [6.45, 7) is 0.669. The summed E-state index contributed by atoms with van der Waals surface area (Å²) >= 11 is 0. The normalized spacial score (nSPS) is 18.0. The Bertz CT molecular complexity index is 1080. The molecule has 5 rings (SSSR count). The van der Waals surface area contributed by atoms with E-state index < -0.39 is 16.1 Å². The number of sulfonamides is 1. The van der Waals surface area contributed by atoms with Crippen molar-refractivity contribution in [2.75, 3.05) is 19.1 Å². The molecule has 2 aromatic rings. The molecule has 2 amide bonds. The zero-order chi connectivity index (χ0) is 20.2. The highest BCUT2D eigenvalue weighted by Crippen LogP contribution is 2.38. The molecule has 2 N–H and O–H groups in total. The van der Waals surface area contributed by atoms with Gasteiger partial charge in [0.15, 0.2) is 4.90 Å². The van der Waals surface area contributed by atoms with Crippen LogP contribution in [0.15, 0.2) is 17.2 Å². The molecule has 0 radical (unpaired) electrons. The standard InChI is InChI=1S/C19H23N5O4S/c1-23-10-24-18(28-11-23)16(9-20-24)29(26,27)22-19(25)21-17-14-6-2-4-12(14)8-13-5-3-7-15(13)17/h8-9H,2-7,10-11H2,1H3,(H2,21,22,25). The summed E-state index contributed by atoms with van der Waals surface area (Å²) in [6.07, 6.45) is 7.15. The zero-order valence-electron chi connectivity index (χ0n) is 16.2. The van der Waals surface area contributed by atoms with Crippen molar-refractivity contribution >= 4 is 21.7 Å². The van der Waals surface area contributed by atoms with Gasteiger partial charge in [-0.1, -0.05) is 6.07 Å². The van der Waals surface area contributed by atoms with Crippen molar-refractivity contribution in [1.29, 1.82) is 0 Å². The lowest BCUT2D eigenvalue weighted by atomic mass is 9.99. The van der Waals surface area contributed by atoms with Crippen molar-refractivity contribution in [3.8, 4) is 5.88 Å². The molecule has 0 unspecified atom stereocenters. The molecule has 1 aromatic carbocycles. The average Bonchev–Trinajstić information content (AvgIpc) is 3.39. The molecule has 154 valence electrons. The van der Waals surface area contributed by atoms with Crippen LogP contribution >= 0.6 is 0 Å². The minimum absolute atomic E-state index is 0.135. The number of carbonyl (C=O) groups is 1. The highest BCUT2D eigenvalue weighted by Gasteiger charge is 2.30. The van der Waals surface area contributed by atoms with E-state index in [1.807, 2.05) is 11.9 Å². The molecule has 1 aromatic heterocycles. The van der Waals surface area contributed by atoms with Crippen molar-refractivity contribution in [2.45, 2.75) is 50.1 Å². The number of nitrogens with one attached hydrogen (secondary N) is 2. The maximum absolute atomic E-state index is 12.8. The van der Waals surface area contributed by atoms with E-state index in [9.17, 15) is 13.2 Å². The third-order valence-electron chi connectivity index (χ3n) is 5.78. The summed E-state index contributed by atoms with van der Waals surface area (Å²) in [6, 6.07) is 1.50. The number of fused-ring (bicyclic) bond motifs is 3. The van der Waals surface area contributed by atoms with Crippen LogP contribution in [0.25, 0.3) is 0 Å². The van der Waals surface area contributed by atoms with Gasteiger partial charge in [0, 0.05) is 5.69 Å². The molecule has 2 heterocycles. The van der Waals surface area contributed by atoms with Crippen molar-refractivity contribution in [3.63, 3.8) is 0 Å². The predicted molar refractivity (Wildman–Crippen MR) is 105 cm³/mol. The summed E-state index contributed by atoms with van der Waals surface area (Å²) in [5, 5.41) is 6.90. The van der Waals surface area contributed by atoms with Gasteiger partial charge in [-0.25, -0.2) is 22.6 Å². The number of aryl methyl sites for hydroxylation is 2. The van der Waals surface area contributed by atoms with Crippen LogP contribution in [0.2, 0.25) is 0 Å². The van der Waals surface area contributed by atoms with Gasteiger partial charge < -0.3 is 10.1 Å². The summed E-state index contributed by atoms with van der Waals surface area (Å²) in [5.74, 6) is 0.143. The monoisotopic (exact) mass is 417 g/mol. The van der Waals surface area contributed by atoms with Gasteiger partial charge in [-0.3, -0.25) is 4.90 Å². The van der Waals surface area contributed by atoms with E-state index in [0.717, 1.165) is 55.3 Å². The highest BCUT2D eigenvalue weighted by molar-refractivity contribution is 7.90. The number of hydrogen-bond donors (Lipinski definition) is 2. The third-order valence-corrected chi connectivity index (χ3v) is 7.10. The first-order valence-electron chi connectivity index (χ1n) is 9.80. The Morgan fingerprint density at radius 3 is 2.52 bits per heavy atom. The van der Waals surface area contributed by atoms with Crippen LogP contribution in [0.5, 0.6) is 5.88 Å². The number of nitrogens with zero attached hydrogens (tertiary/aromatic N) is 3. The van der Waals surface area contributed by atoms with Gasteiger partial charge in [-0.05, 0) is 67.8 Å². The highest BCUT2D eigenvalue weighted by atomic mass is 32.2. The number of urea groups is 1. The van der Waals surface area contributed by atoms with E-state index >= 15 is 0 Å². The SMILES string of the molecule is CN1COc2c(S(=O)(=O)NC(=O)Nc3c4c(cc5c3CCC5)CCC4)cnn2C1. The molecule has 3 aliphatic rings. The number of anilines is 1. The summed E-state index contributed by atoms with van der Waals surface area (Å²) in [5.41, 5.74) is 5.63. The first-order chi connectivity index (χ1) is 13.9. The van der Waals surface area contributed by atoms with Gasteiger partial charge in [0.2, 0.25) is 5.88 Å². The second kappa shape index (κ2) is 6.74. The van der Waals surface area contributed by atoms with Crippen LogP contribution in [0.4, 0.5) is 10.5 Å². The van der Waals surface area contributed by atoms with Crippen LogP contribution in [-0.2, 0) is 42.4 Å². The molecule has 0 saturated carbocycles. The van der Waals surface area contributed by atoms with Gasteiger partial charge >= 0.3 is 6.03 Å². The van der Waals surface area contributed by atoms with Gasteiger partial charge in [-0.15, -0.1) is 0 Å². The number of benzene rings is 1. The van der Waals surface area contributed by atoms with Crippen LogP contribution in [0.3, 0.4) is 0 Å². The van der Waals surface area contributed by atoms with Crippen molar-refractivity contribution in [3.05, 3.63) is 34.5 Å². The molecule has 0 saturated heterocycles. The van der Waals surface area contributed by atoms with Gasteiger partial charge in [0.05, 0.1) is 12.9 Å². The van der Waals surface area contributed by atoms with Gasteiger partial charge in [-0.2, -0.15) is 5.10 Å². The van der Waals surface area contributed by atoms with E-state index in [1.165, 1.54) is 22.0 Å². The number of carbonyl (C=O) groups excluding carboxylic acids is 1. The molecular formula is C19H23N5O4S. The molecule has 0 atom stereocenters. The topological polar surface area (TPSA) is 106 Å². The lowest BCUT2D eigenvalue weighted by Gasteiger charge is -2.24. The number of amides is 2. The largest absolute Gasteiger partial charge is 0.461 e. The fourth-order valence-electron chi connectivity index (χ4n) is 4.51. The van der Waals surface area contributed by atoms with Crippen molar-refractivity contribution in [2.24, 2.45) is 0 Å². The second-order valence-electron chi connectivity index (χ2n) is 7.88. The predicted octanol–water partition coefficient (Wildman–Crippen LogP) is 1.61. The smallest absolute Gasteiger partial charge is 0.333 e. The van der Waals surface area contributed by atoms with E-state index in [1.54, 1.807) is 0 Å². The maximum Gasteiger partial charge on any atom is 0.333 e. The van der Waals surface area contributed by atoms with Crippen LogP contribution in [-0.4, -0.2) is 42.9 Å². The molecule has 9 nitrogen and oxygen atoms in total. The fourth-order valence-corrected chi connectivity index (χ4v) is 5.50. The van der Waals surface area contributed by atoms with Crippen LogP contribution < -0.4 is 14.8 Å². The molecule has 29 heavy (non-hydrogen) atoms. The molecule has 0 fully saturated rings. The summed E-state index contributed by atoms with van der Waals surface area (Å²) in [4.78, 5) is 14.4. The summed E-state index contributed by atoms with van der Waals surface area (Å²) in [7, 11) is -2.28. The first-order valence-corrected chi connectivity index (χ1v) is 11.3. The average molecular weight is 417 g/mol. The Labute approximate surface area is 169 Å². The Morgan fingerprint density at radius 1 is 1.14 bits per heavy atom. The number of aromatic nitrogens is 2. The molecule has 2 aliphatic carbocycles. The third kappa shape index (κ3) is 3.16. The van der Waals surface area contributed by atoms with Crippen LogP contribution in [0, 0.1) is 0 Å². The minimum atomic E-state index is -4.11. The molecule has 0 bridgehead atoms. The van der Waals surface area contributed by atoms with E-state index in [2.05, 4.69) is 21.2 Å². The minimum Gasteiger partial charge on any atom is -0.461 e. The van der Waals surface area contributed by atoms with Gasteiger partial charge in [0.25, 0.3) is 10.0 Å². The maximum atomic E-state index is 12.8. The van der Waals surface area contributed by atoms with Crippen molar-refractivity contribution < 1.29 is 17.9 Å². The Hall–Kier alpha value is -2.59.